The molecule has 21 heavy (non-hydrogen) atoms. The molecule has 4 heteroatoms. The lowest BCUT2D eigenvalue weighted by molar-refractivity contribution is -0.0846. The molecule has 0 spiro atoms. The van der Waals surface area contributed by atoms with E-state index >= 15 is 0 Å². The van der Waals surface area contributed by atoms with Crippen molar-refractivity contribution in [3.8, 4) is 5.75 Å². The Labute approximate surface area is 126 Å². The van der Waals surface area contributed by atoms with E-state index in [-0.39, 0.29) is 5.78 Å². The molecule has 1 saturated carbocycles. The van der Waals surface area contributed by atoms with Crippen LogP contribution in [0.3, 0.4) is 0 Å². The Morgan fingerprint density at radius 1 is 1.29 bits per heavy atom. The normalized spacial score (nSPS) is 26.1. The summed E-state index contributed by atoms with van der Waals surface area (Å²) in [6.07, 6.45) is 5.12. The van der Waals surface area contributed by atoms with Crippen molar-refractivity contribution in [1.82, 2.24) is 4.90 Å². The van der Waals surface area contributed by atoms with E-state index in [4.69, 9.17) is 9.47 Å². The smallest absolute Gasteiger partial charge is 0.176 e. The summed E-state index contributed by atoms with van der Waals surface area (Å²) in [6.45, 7) is 2.11. The molecule has 0 bridgehead atoms. The van der Waals surface area contributed by atoms with Crippen molar-refractivity contribution in [3.05, 3.63) is 29.8 Å². The topological polar surface area (TPSA) is 38.8 Å². The summed E-state index contributed by atoms with van der Waals surface area (Å²) in [5, 5.41) is 0. The number of hydrogen-bond acceptors (Lipinski definition) is 4. The maximum Gasteiger partial charge on any atom is 0.176 e. The number of morpholine rings is 1. The van der Waals surface area contributed by atoms with Crippen LogP contribution in [0, 0.1) is 0 Å². The predicted molar refractivity (Wildman–Crippen MR) is 80.9 cm³/mol. The fourth-order valence-corrected chi connectivity index (χ4v) is 3.43. The van der Waals surface area contributed by atoms with Gasteiger partial charge in [0.1, 0.15) is 5.75 Å². The van der Waals surface area contributed by atoms with Gasteiger partial charge in [-0.3, -0.25) is 9.69 Å². The minimum Gasteiger partial charge on any atom is -0.497 e. The number of benzene rings is 1. The highest BCUT2D eigenvalue weighted by molar-refractivity contribution is 5.97. The molecule has 2 aliphatic rings. The van der Waals surface area contributed by atoms with Crippen LogP contribution in [0.1, 0.15) is 36.0 Å². The van der Waals surface area contributed by atoms with Gasteiger partial charge in [-0.25, -0.2) is 0 Å². The van der Waals surface area contributed by atoms with Crippen LogP contribution in [0.4, 0.5) is 0 Å². The molecule has 0 aromatic heterocycles. The number of carbonyl (C=O) groups excluding carboxylic acids is 1. The summed E-state index contributed by atoms with van der Waals surface area (Å²) in [5.41, 5.74) is 0.759. The fraction of sp³-hybridized carbons (Fsp3) is 0.588. The van der Waals surface area contributed by atoms with Crippen LogP contribution in [0.15, 0.2) is 24.3 Å². The molecule has 2 atom stereocenters. The van der Waals surface area contributed by atoms with Gasteiger partial charge in [0.15, 0.2) is 5.78 Å². The number of nitrogens with zero attached hydrogens (tertiary/aromatic N) is 1. The molecular formula is C17H23NO3. The van der Waals surface area contributed by atoms with Gasteiger partial charge < -0.3 is 9.47 Å². The van der Waals surface area contributed by atoms with E-state index in [1.54, 1.807) is 7.11 Å². The van der Waals surface area contributed by atoms with Crippen LogP contribution >= 0.6 is 0 Å². The van der Waals surface area contributed by atoms with Gasteiger partial charge in [0, 0.05) is 18.2 Å². The lowest BCUT2D eigenvalue weighted by Gasteiger charge is -2.43. The third kappa shape index (κ3) is 3.27. The number of rotatable bonds is 4. The molecule has 4 nitrogen and oxygen atoms in total. The number of fused-ring (bicyclic) bond motifs is 1. The Balaban J connectivity index is 1.65. The van der Waals surface area contributed by atoms with Crippen LogP contribution in [-0.2, 0) is 4.74 Å². The Hall–Kier alpha value is -1.39. The summed E-state index contributed by atoms with van der Waals surface area (Å²) in [7, 11) is 1.63. The minimum atomic E-state index is 0.184. The molecule has 1 aliphatic heterocycles. The summed E-state index contributed by atoms with van der Waals surface area (Å²) in [4.78, 5) is 14.8. The van der Waals surface area contributed by atoms with E-state index in [0.29, 0.717) is 18.7 Å². The summed E-state index contributed by atoms with van der Waals surface area (Å²) >= 11 is 0. The molecule has 0 N–H and O–H groups in total. The van der Waals surface area contributed by atoms with Crippen molar-refractivity contribution in [2.75, 3.05) is 26.8 Å². The molecule has 0 radical (unpaired) electrons. The maximum atomic E-state index is 12.5. The molecule has 1 aliphatic carbocycles. The third-order valence-electron chi connectivity index (χ3n) is 4.61. The zero-order valence-corrected chi connectivity index (χ0v) is 12.6. The van der Waals surface area contributed by atoms with E-state index in [1.807, 2.05) is 24.3 Å². The van der Waals surface area contributed by atoms with Crippen LogP contribution < -0.4 is 4.74 Å². The van der Waals surface area contributed by atoms with E-state index < -0.39 is 0 Å². The van der Waals surface area contributed by atoms with Crippen molar-refractivity contribution in [3.63, 3.8) is 0 Å². The lowest BCUT2D eigenvalue weighted by Crippen LogP contribution is -2.53. The average molecular weight is 289 g/mol. The van der Waals surface area contributed by atoms with Crippen molar-refractivity contribution < 1.29 is 14.3 Å². The van der Waals surface area contributed by atoms with E-state index in [9.17, 15) is 4.79 Å². The van der Waals surface area contributed by atoms with Gasteiger partial charge in [-0.15, -0.1) is 0 Å². The first-order valence-electron chi connectivity index (χ1n) is 7.81. The monoisotopic (exact) mass is 289 g/mol. The first kappa shape index (κ1) is 14.5. The Morgan fingerprint density at radius 3 is 2.81 bits per heavy atom. The molecule has 0 amide bonds. The Morgan fingerprint density at radius 2 is 2.05 bits per heavy atom. The lowest BCUT2D eigenvalue weighted by atomic mass is 9.90. The molecule has 1 saturated heterocycles. The number of hydrogen-bond donors (Lipinski definition) is 0. The minimum absolute atomic E-state index is 0.184. The molecule has 3 rings (SSSR count). The second kappa shape index (κ2) is 6.58. The highest BCUT2D eigenvalue weighted by atomic mass is 16.5. The number of carbonyl (C=O) groups is 1. The highest BCUT2D eigenvalue weighted by Crippen LogP contribution is 2.28. The molecule has 1 aromatic carbocycles. The van der Waals surface area contributed by atoms with Crippen molar-refractivity contribution in [2.45, 2.75) is 37.8 Å². The van der Waals surface area contributed by atoms with Crippen LogP contribution in [0.25, 0.3) is 0 Å². The first-order chi connectivity index (χ1) is 10.3. The first-order valence-corrected chi connectivity index (χ1v) is 7.81. The van der Waals surface area contributed by atoms with Crippen LogP contribution in [-0.4, -0.2) is 49.6 Å². The van der Waals surface area contributed by atoms with E-state index in [1.165, 1.54) is 12.8 Å². The van der Waals surface area contributed by atoms with E-state index in [2.05, 4.69) is 4.90 Å². The van der Waals surface area contributed by atoms with Crippen molar-refractivity contribution >= 4 is 5.78 Å². The van der Waals surface area contributed by atoms with Crippen molar-refractivity contribution in [1.29, 1.82) is 0 Å². The highest BCUT2D eigenvalue weighted by Gasteiger charge is 2.34. The molecule has 2 unspecified atom stereocenters. The number of Topliss-reactive ketones (excluding diaryl/α,β-unsaturated/α-hetero) is 1. The third-order valence-corrected chi connectivity index (χ3v) is 4.61. The second-order valence-electron chi connectivity index (χ2n) is 5.88. The molecule has 2 fully saturated rings. The van der Waals surface area contributed by atoms with Gasteiger partial charge >= 0.3 is 0 Å². The number of ketones is 1. The zero-order chi connectivity index (χ0) is 14.7. The van der Waals surface area contributed by atoms with Crippen LogP contribution in [0.5, 0.6) is 5.75 Å². The zero-order valence-electron chi connectivity index (χ0n) is 12.6. The van der Waals surface area contributed by atoms with E-state index in [0.717, 1.165) is 37.3 Å². The van der Waals surface area contributed by atoms with Gasteiger partial charge in [0.25, 0.3) is 0 Å². The van der Waals surface area contributed by atoms with Crippen molar-refractivity contribution in [2.24, 2.45) is 0 Å². The molecule has 114 valence electrons. The Kier molecular flexibility index (Phi) is 4.56. The quantitative estimate of drug-likeness (QED) is 0.798. The number of methoxy groups -OCH3 is 1. The van der Waals surface area contributed by atoms with Gasteiger partial charge in [-0.05, 0) is 37.1 Å². The average Bonchev–Trinajstić information content (AvgIpc) is 2.55. The van der Waals surface area contributed by atoms with Gasteiger partial charge in [-0.2, -0.15) is 0 Å². The van der Waals surface area contributed by atoms with Gasteiger partial charge in [-0.1, -0.05) is 12.8 Å². The molecule has 1 aromatic rings. The van der Waals surface area contributed by atoms with Crippen LogP contribution in [0.2, 0.25) is 0 Å². The number of ether oxygens (including phenoxy) is 2. The fourth-order valence-electron chi connectivity index (χ4n) is 3.43. The SMILES string of the molecule is COc1ccc(C(=O)CN2CCOC3CCCCC32)cc1. The molecule has 1 heterocycles. The standard InChI is InChI=1S/C17H23NO3/c1-20-14-8-6-13(7-9-14)16(19)12-18-10-11-21-17-5-3-2-4-15(17)18/h6-9,15,17H,2-5,10-12H2,1H3. The summed E-state index contributed by atoms with van der Waals surface area (Å²) in [6, 6.07) is 7.81. The van der Waals surface area contributed by atoms with Gasteiger partial charge in [0.05, 0.1) is 26.4 Å². The predicted octanol–water partition coefficient (Wildman–Crippen LogP) is 2.52. The largest absolute Gasteiger partial charge is 0.497 e. The Bertz CT molecular complexity index is 483. The van der Waals surface area contributed by atoms with Gasteiger partial charge in [0.2, 0.25) is 0 Å². The second-order valence-corrected chi connectivity index (χ2v) is 5.88. The molecular weight excluding hydrogens is 266 g/mol. The maximum absolute atomic E-state index is 12.5. The summed E-state index contributed by atoms with van der Waals surface area (Å²) < 4.78 is 11.0. The summed E-state index contributed by atoms with van der Waals surface area (Å²) in [5.74, 6) is 0.967.